The Morgan fingerprint density at radius 3 is 2.78 bits per heavy atom. The molecule has 0 amide bonds. The van der Waals surface area contributed by atoms with Gasteiger partial charge in [-0.3, -0.25) is 9.67 Å². The number of para-hydroxylation sites is 1. The van der Waals surface area contributed by atoms with E-state index in [9.17, 15) is 8.42 Å². The third-order valence-electron chi connectivity index (χ3n) is 3.51. The fourth-order valence-corrected chi connectivity index (χ4v) is 3.03. The first kappa shape index (κ1) is 15.6. The molecule has 0 aliphatic heterocycles. The number of hydrogen-bond donors (Lipinski definition) is 1. The summed E-state index contributed by atoms with van der Waals surface area (Å²) < 4.78 is 23.5. The Bertz CT molecular complexity index is 915. The number of primary sulfonamides is 1. The molecule has 3 rings (SSSR count). The molecule has 0 spiro atoms. The number of hydrogen-bond acceptors (Lipinski definition) is 5. The van der Waals surface area contributed by atoms with Gasteiger partial charge < -0.3 is 0 Å². The second-order valence-electron chi connectivity index (χ2n) is 5.32. The number of aromatic nitrogens is 4. The van der Waals surface area contributed by atoms with Crippen molar-refractivity contribution in [1.82, 2.24) is 20.0 Å². The van der Waals surface area contributed by atoms with Crippen molar-refractivity contribution in [3.63, 3.8) is 0 Å². The van der Waals surface area contributed by atoms with Crippen molar-refractivity contribution in [2.75, 3.05) is 5.75 Å². The highest BCUT2D eigenvalue weighted by molar-refractivity contribution is 7.89. The summed E-state index contributed by atoms with van der Waals surface area (Å²) in [5, 5.41) is 14.3. The normalized spacial score (nSPS) is 11.9. The molecule has 0 saturated heterocycles. The Hall–Kier alpha value is -2.32. The summed E-state index contributed by atoms with van der Waals surface area (Å²) in [5.74, 6) is -0.0121. The Kier molecular flexibility index (Phi) is 4.35. The zero-order chi connectivity index (χ0) is 16.3. The molecule has 7 nitrogen and oxygen atoms in total. The van der Waals surface area contributed by atoms with E-state index >= 15 is 0 Å². The van der Waals surface area contributed by atoms with Crippen LogP contribution in [0.1, 0.15) is 12.8 Å². The zero-order valence-electron chi connectivity index (χ0n) is 12.5. The van der Waals surface area contributed by atoms with Gasteiger partial charge in [-0.2, -0.15) is 0 Å². The predicted molar refractivity (Wildman–Crippen MR) is 88.0 cm³/mol. The van der Waals surface area contributed by atoms with Crippen molar-refractivity contribution in [3.8, 4) is 11.3 Å². The van der Waals surface area contributed by atoms with Crippen LogP contribution in [0.25, 0.3) is 22.2 Å². The molecular formula is C15H17N5O2S. The Labute approximate surface area is 134 Å². The van der Waals surface area contributed by atoms with E-state index in [4.69, 9.17) is 5.14 Å². The third kappa shape index (κ3) is 3.91. The molecule has 23 heavy (non-hydrogen) atoms. The van der Waals surface area contributed by atoms with Crippen molar-refractivity contribution < 1.29 is 8.42 Å². The molecule has 2 N–H and O–H groups in total. The lowest BCUT2D eigenvalue weighted by molar-refractivity contribution is 0.546. The average molecular weight is 331 g/mol. The van der Waals surface area contributed by atoms with Gasteiger partial charge in [0.15, 0.2) is 0 Å². The molecule has 0 radical (unpaired) electrons. The van der Waals surface area contributed by atoms with Crippen LogP contribution >= 0.6 is 0 Å². The summed E-state index contributed by atoms with van der Waals surface area (Å²) in [7, 11) is -3.39. The number of sulfonamides is 1. The maximum Gasteiger partial charge on any atom is 0.209 e. The van der Waals surface area contributed by atoms with Crippen LogP contribution in [0.2, 0.25) is 0 Å². The zero-order valence-corrected chi connectivity index (χ0v) is 13.3. The number of unbranched alkanes of at least 4 members (excludes halogenated alkanes) is 1. The molecule has 0 aliphatic rings. The molecule has 0 aliphatic carbocycles. The van der Waals surface area contributed by atoms with Crippen LogP contribution in [0, 0.1) is 0 Å². The minimum atomic E-state index is -3.39. The van der Waals surface area contributed by atoms with E-state index in [1.54, 1.807) is 10.9 Å². The van der Waals surface area contributed by atoms with Gasteiger partial charge in [-0.15, -0.1) is 5.10 Å². The van der Waals surface area contributed by atoms with Gasteiger partial charge in [0.05, 0.1) is 17.5 Å². The molecule has 2 heterocycles. The molecular weight excluding hydrogens is 314 g/mol. The largest absolute Gasteiger partial charge is 0.256 e. The summed E-state index contributed by atoms with van der Waals surface area (Å²) in [6.07, 6.45) is 4.78. The standard InChI is InChI=1S/C15H17N5O2S/c16-23(21,22)10-2-1-9-20-11-14(18-19-20)13-7-3-5-12-6-4-8-17-15(12)13/h3-8,11H,1-2,9-10H2,(H2,16,21,22). The second-order valence-corrected chi connectivity index (χ2v) is 7.06. The van der Waals surface area contributed by atoms with Crippen LogP contribution in [0.3, 0.4) is 0 Å². The van der Waals surface area contributed by atoms with Gasteiger partial charge in [0.2, 0.25) is 10.0 Å². The summed E-state index contributed by atoms with van der Waals surface area (Å²) in [6, 6.07) is 9.83. The van der Waals surface area contributed by atoms with E-state index in [1.807, 2.05) is 36.5 Å². The van der Waals surface area contributed by atoms with Gasteiger partial charge in [0.1, 0.15) is 5.69 Å². The maximum absolute atomic E-state index is 10.9. The first-order valence-corrected chi connectivity index (χ1v) is 8.99. The molecule has 0 saturated carbocycles. The van der Waals surface area contributed by atoms with Crippen LogP contribution in [0.5, 0.6) is 0 Å². The lowest BCUT2D eigenvalue weighted by Gasteiger charge is -2.02. The topological polar surface area (TPSA) is 104 Å². The van der Waals surface area contributed by atoms with Crippen LogP contribution in [-0.2, 0) is 16.6 Å². The minimum absolute atomic E-state index is 0.0121. The molecule has 3 aromatic rings. The van der Waals surface area contributed by atoms with Gasteiger partial charge in [0.25, 0.3) is 0 Å². The summed E-state index contributed by atoms with van der Waals surface area (Å²) in [6.45, 7) is 0.598. The van der Waals surface area contributed by atoms with Crippen molar-refractivity contribution in [2.45, 2.75) is 19.4 Å². The Balaban J connectivity index is 1.74. The van der Waals surface area contributed by atoms with Gasteiger partial charge in [-0.25, -0.2) is 13.6 Å². The molecule has 120 valence electrons. The highest BCUT2D eigenvalue weighted by Crippen LogP contribution is 2.24. The number of fused-ring (bicyclic) bond motifs is 1. The van der Waals surface area contributed by atoms with Crippen LogP contribution in [0.15, 0.2) is 42.7 Å². The van der Waals surface area contributed by atoms with E-state index in [1.165, 1.54) is 0 Å². The summed E-state index contributed by atoms with van der Waals surface area (Å²) >= 11 is 0. The number of nitrogens with two attached hydrogens (primary N) is 1. The third-order valence-corrected chi connectivity index (χ3v) is 4.37. The predicted octanol–water partition coefficient (Wildman–Crippen LogP) is 1.56. The number of aryl methyl sites for hydroxylation is 1. The lowest BCUT2D eigenvalue weighted by Crippen LogP contribution is -2.16. The van der Waals surface area contributed by atoms with Crippen LogP contribution in [0.4, 0.5) is 0 Å². The van der Waals surface area contributed by atoms with Gasteiger partial charge >= 0.3 is 0 Å². The fourth-order valence-electron chi connectivity index (χ4n) is 2.42. The molecule has 0 bridgehead atoms. The van der Waals surface area contributed by atoms with E-state index < -0.39 is 10.0 Å². The minimum Gasteiger partial charge on any atom is -0.256 e. The molecule has 0 unspecified atom stereocenters. The molecule has 8 heteroatoms. The van der Waals surface area contributed by atoms with Crippen LogP contribution < -0.4 is 5.14 Å². The molecule has 0 atom stereocenters. The Morgan fingerprint density at radius 2 is 1.96 bits per heavy atom. The van der Waals surface area contributed by atoms with Crippen LogP contribution in [-0.4, -0.2) is 34.1 Å². The van der Waals surface area contributed by atoms with E-state index in [-0.39, 0.29) is 5.75 Å². The first-order chi connectivity index (χ1) is 11.0. The van der Waals surface area contributed by atoms with Gasteiger partial charge in [0, 0.05) is 23.7 Å². The van der Waals surface area contributed by atoms with Crippen molar-refractivity contribution in [1.29, 1.82) is 0 Å². The molecule has 2 aromatic heterocycles. The Morgan fingerprint density at radius 1 is 1.13 bits per heavy atom. The highest BCUT2D eigenvalue weighted by atomic mass is 32.2. The monoisotopic (exact) mass is 331 g/mol. The quantitative estimate of drug-likeness (QED) is 0.690. The first-order valence-electron chi connectivity index (χ1n) is 7.28. The van der Waals surface area contributed by atoms with E-state index in [0.717, 1.165) is 22.2 Å². The van der Waals surface area contributed by atoms with Crippen molar-refractivity contribution in [3.05, 3.63) is 42.7 Å². The van der Waals surface area contributed by atoms with Gasteiger partial charge in [-0.1, -0.05) is 29.5 Å². The smallest absolute Gasteiger partial charge is 0.209 e. The van der Waals surface area contributed by atoms with Crippen molar-refractivity contribution in [2.24, 2.45) is 5.14 Å². The lowest BCUT2D eigenvalue weighted by atomic mass is 10.1. The van der Waals surface area contributed by atoms with Gasteiger partial charge in [-0.05, 0) is 18.9 Å². The van der Waals surface area contributed by atoms with E-state index in [0.29, 0.717) is 19.4 Å². The van der Waals surface area contributed by atoms with Crippen molar-refractivity contribution >= 4 is 20.9 Å². The maximum atomic E-state index is 10.9. The number of benzene rings is 1. The molecule has 0 fully saturated rings. The number of pyridine rings is 1. The number of nitrogens with zero attached hydrogens (tertiary/aromatic N) is 4. The summed E-state index contributed by atoms with van der Waals surface area (Å²) in [4.78, 5) is 4.41. The van der Waals surface area contributed by atoms with E-state index in [2.05, 4.69) is 15.3 Å². The average Bonchev–Trinajstić information content (AvgIpc) is 2.99. The number of rotatable bonds is 6. The molecule has 1 aromatic carbocycles. The highest BCUT2D eigenvalue weighted by Gasteiger charge is 2.09. The summed E-state index contributed by atoms with van der Waals surface area (Å²) in [5.41, 5.74) is 2.57. The fraction of sp³-hybridized carbons (Fsp3) is 0.267. The SMILES string of the molecule is NS(=O)(=O)CCCCn1cc(-c2cccc3cccnc23)nn1. The second kappa shape index (κ2) is 6.43.